The Morgan fingerprint density at radius 3 is 2.94 bits per heavy atom. The first-order valence-corrected chi connectivity index (χ1v) is 6.42. The molecule has 0 spiro atoms. The molecule has 2 rings (SSSR count). The van der Waals surface area contributed by atoms with Gasteiger partial charge in [-0.15, -0.1) is 11.3 Å². The number of anilines is 2. The van der Waals surface area contributed by atoms with Gasteiger partial charge in [0.05, 0.1) is 5.56 Å². The molecule has 2 aromatic heterocycles. The molecule has 0 bridgehead atoms. The van der Waals surface area contributed by atoms with Gasteiger partial charge >= 0.3 is 0 Å². The number of aromatic nitrogens is 2. The molecule has 0 unspecified atom stereocenters. The molecule has 2 heterocycles. The lowest BCUT2D eigenvalue weighted by molar-refractivity contribution is 0.102. The zero-order chi connectivity index (χ0) is 12.3. The topological polar surface area (TPSA) is 66.9 Å². The molecule has 0 aliphatic carbocycles. The Balaban J connectivity index is 2.26. The van der Waals surface area contributed by atoms with Gasteiger partial charge in [0, 0.05) is 29.3 Å². The molecule has 0 saturated heterocycles. The standard InChI is InChI=1S/C10H9BrN4OS/c1-12-8-7(4-6(11)5-14-8)9(16)15-10-13-2-3-17-10/h2-5H,1H3,(H,12,14)(H,13,15,16). The van der Waals surface area contributed by atoms with E-state index in [4.69, 9.17) is 0 Å². The fraction of sp³-hybridized carbons (Fsp3) is 0.100. The Kier molecular flexibility index (Phi) is 3.70. The predicted molar refractivity (Wildman–Crippen MR) is 71.6 cm³/mol. The largest absolute Gasteiger partial charge is 0.372 e. The lowest BCUT2D eigenvalue weighted by Crippen LogP contribution is -2.14. The van der Waals surface area contributed by atoms with Crippen LogP contribution in [0.15, 0.2) is 28.3 Å². The highest BCUT2D eigenvalue weighted by Crippen LogP contribution is 2.19. The molecule has 0 aliphatic rings. The number of hydrogen-bond acceptors (Lipinski definition) is 5. The molecule has 7 heteroatoms. The second kappa shape index (κ2) is 5.24. The summed E-state index contributed by atoms with van der Waals surface area (Å²) in [6, 6.07) is 1.71. The van der Waals surface area contributed by atoms with Crippen LogP contribution in [0.3, 0.4) is 0 Å². The second-order valence-electron chi connectivity index (χ2n) is 3.09. The molecule has 17 heavy (non-hydrogen) atoms. The molecule has 0 aromatic carbocycles. The summed E-state index contributed by atoms with van der Waals surface area (Å²) in [5.41, 5.74) is 0.470. The molecular weight excluding hydrogens is 304 g/mol. The third-order valence-electron chi connectivity index (χ3n) is 1.99. The van der Waals surface area contributed by atoms with Gasteiger partial charge in [-0.1, -0.05) is 0 Å². The van der Waals surface area contributed by atoms with E-state index in [0.717, 1.165) is 4.47 Å². The molecule has 0 radical (unpaired) electrons. The highest BCUT2D eigenvalue weighted by atomic mass is 79.9. The third-order valence-corrected chi connectivity index (χ3v) is 3.11. The summed E-state index contributed by atoms with van der Waals surface area (Å²) in [6.07, 6.45) is 3.27. The SMILES string of the molecule is CNc1ncc(Br)cc1C(=O)Nc1nccs1. The molecule has 2 aromatic rings. The zero-order valence-electron chi connectivity index (χ0n) is 8.90. The minimum absolute atomic E-state index is 0.238. The average molecular weight is 313 g/mol. The maximum atomic E-state index is 12.0. The minimum atomic E-state index is -0.238. The van der Waals surface area contributed by atoms with Crippen molar-refractivity contribution < 1.29 is 4.79 Å². The van der Waals surface area contributed by atoms with Gasteiger partial charge in [-0.05, 0) is 22.0 Å². The van der Waals surface area contributed by atoms with Gasteiger partial charge in [-0.3, -0.25) is 10.1 Å². The van der Waals surface area contributed by atoms with Crippen molar-refractivity contribution in [3.8, 4) is 0 Å². The first kappa shape index (κ1) is 12.0. The predicted octanol–water partition coefficient (Wildman–Crippen LogP) is 2.59. The van der Waals surface area contributed by atoms with E-state index < -0.39 is 0 Å². The zero-order valence-corrected chi connectivity index (χ0v) is 11.3. The number of hydrogen-bond donors (Lipinski definition) is 2. The van der Waals surface area contributed by atoms with Crippen LogP contribution in [0.5, 0.6) is 0 Å². The van der Waals surface area contributed by atoms with Gasteiger partial charge in [0.15, 0.2) is 5.13 Å². The average Bonchev–Trinajstić information content (AvgIpc) is 2.81. The fourth-order valence-electron chi connectivity index (χ4n) is 1.26. The van der Waals surface area contributed by atoms with Crippen molar-refractivity contribution in [1.29, 1.82) is 0 Å². The quantitative estimate of drug-likeness (QED) is 0.914. The van der Waals surface area contributed by atoms with Crippen LogP contribution in [-0.2, 0) is 0 Å². The molecule has 1 amide bonds. The Bertz CT molecular complexity index is 529. The van der Waals surface area contributed by atoms with Crippen molar-refractivity contribution in [3.05, 3.63) is 33.9 Å². The van der Waals surface area contributed by atoms with E-state index in [2.05, 4.69) is 36.5 Å². The molecule has 88 valence electrons. The summed E-state index contributed by atoms with van der Waals surface area (Å²) in [5, 5.41) is 7.95. The van der Waals surface area contributed by atoms with E-state index in [1.807, 2.05) is 0 Å². The summed E-state index contributed by atoms with van der Waals surface area (Å²) >= 11 is 4.66. The molecule has 0 aliphatic heterocycles. The summed E-state index contributed by atoms with van der Waals surface area (Å²) in [5.74, 6) is 0.292. The number of rotatable bonds is 3. The number of pyridine rings is 1. The van der Waals surface area contributed by atoms with Gasteiger partial charge in [0.1, 0.15) is 5.82 Å². The Morgan fingerprint density at radius 1 is 1.47 bits per heavy atom. The minimum Gasteiger partial charge on any atom is -0.372 e. The van der Waals surface area contributed by atoms with Crippen LogP contribution in [0.4, 0.5) is 10.9 Å². The Hall–Kier alpha value is -1.47. The second-order valence-corrected chi connectivity index (χ2v) is 4.90. The third kappa shape index (κ3) is 2.80. The number of amides is 1. The van der Waals surface area contributed by atoms with E-state index >= 15 is 0 Å². The van der Waals surface area contributed by atoms with Gasteiger partial charge in [-0.25, -0.2) is 9.97 Å². The first-order chi connectivity index (χ1) is 8.20. The first-order valence-electron chi connectivity index (χ1n) is 4.75. The van der Waals surface area contributed by atoms with Gasteiger partial charge in [0.2, 0.25) is 0 Å². The van der Waals surface area contributed by atoms with Crippen LogP contribution in [-0.4, -0.2) is 22.9 Å². The summed E-state index contributed by atoms with van der Waals surface area (Å²) < 4.78 is 0.751. The maximum absolute atomic E-state index is 12.0. The van der Waals surface area contributed by atoms with Crippen LogP contribution in [0.2, 0.25) is 0 Å². The number of thiazole rings is 1. The van der Waals surface area contributed by atoms with Crippen LogP contribution in [0, 0.1) is 0 Å². The van der Waals surface area contributed by atoms with Crippen molar-refractivity contribution in [2.45, 2.75) is 0 Å². The normalized spacial score (nSPS) is 10.0. The van der Waals surface area contributed by atoms with E-state index in [1.54, 1.807) is 30.9 Å². The highest BCUT2D eigenvalue weighted by molar-refractivity contribution is 9.10. The van der Waals surface area contributed by atoms with Gasteiger partial charge in [0.25, 0.3) is 5.91 Å². The van der Waals surface area contributed by atoms with E-state index in [0.29, 0.717) is 16.5 Å². The van der Waals surface area contributed by atoms with Gasteiger partial charge < -0.3 is 5.32 Å². The van der Waals surface area contributed by atoms with Crippen molar-refractivity contribution in [2.75, 3.05) is 17.7 Å². The van der Waals surface area contributed by atoms with Crippen LogP contribution in [0.1, 0.15) is 10.4 Å². The van der Waals surface area contributed by atoms with Gasteiger partial charge in [-0.2, -0.15) is 0 Å². The van der Waals surface area contributed by atoms with Crippen LogP contribution >= 0.6 is 27.3 Å². The number of halogens is 1. The number of carbonyl (C=O) groups is 1. The molecule has 2 N–H and O–H groups in total. The van der Waals surface area contributed by atoms with Crippen molar-refractivity contribution in [3.63, 3.8) is 0 Å². The van der Waals surface area contributed by atoms with Crippen LogP contribution in [0.25, 0.3) is 0 Å². The van der Waals surface area contributed by atoms with Crippen LogP contribution < -0.4 is 10.6 Å². The lowest BCUT2D eigenvalue weighted by atomic mass is 10.2. The monoisotopic (exact) mass is 312 g/mol. The summed E-state index contributed by atoms with van der Waals surface area (Å²) in [7, 11) is 1.72. The smallest absolute Gasteiger partial charge is 0.261 e. The number of nitrogens with one attached hydrogen (secondary N) is 2. The van der Waals surface area contributed by atoms with Crippen molar-refractivity contribution >= 4 is 44.1 Å². The fourth-order valence-corrected chi connectivity index (χ4v) is 2.12. The van der Waals surface area contributed by atoms with E-state index in [-0.39, 0.29) is 5.91 Å². The van der Waals surface area contributed by atoms with Crippen molar-refractivity contribution in [1.82, 2.24) is 9.97 Å². The number of nitrogens with zero attached hydrogens (tertiary/aromatic N) is 2. The Morgan fingerprint density at radius 2 is 2.29 bits per heavy atom. The summed E-state index contributed by atoms with van der Waals surface area (Å²) in [4.78, 5) is 20.1. The van der Waals surface area contributed by atoms with E-state index in [9.17, 15) is 4.79 Å². The molecule has 0 saturated carbocycles. The molecular formula is C10H9BrN4OS. The molecule has 0 fully saturated rings. The van der Waals surface area contributed by atoms with Crippen molar-refractivity contribution in [2.24, 2.45) is 0 Å². The highest BCUT2D eigenvalue weighted by Gasteiger charge is 2.13. The maximum Gasteiger partial charge on any atom is 0.261 e. The molecule has 0 atom stereocenters. The summed E-state index contributed by atoms with van der Waals surface area (Å²) in [6.45, 7) is 0. The number of carbonyl (C=O) groups excluding carboxylic acids is 1. The Labute approximate surface area is 110 Å². The van der Waals surface area contributed by atoms with E-state index in [1.165, 1.54) is 11.3 Å². The molecule has 5 nitrogen and oxygen atoms in total. The lowest BCUT2D eigenvalue weighted by Gasteiger charge is -2.07.